The minimum Gasteiger partial charge on any atom is -0.377 e. The standard InChI is InChI=1S/C18H24N6O/c1-23(17-7-8-19-16(20-17)12-25-2)14-10-24(11-14)18-9-13-5-3-4-6-15(13)21-22-18/h7-9,14H,3-6,10-12H2,1-2H3. The number of likely N-dealkylation sites (N-methyl/N-ethyl adjacent to an activating group) is 1. The summed E-state index contributed by atoms with van der Waals surface area (Å²) in [4.78, 5) is 13.3. The van der Waals surface area contributed by atoms with Gasteiger partial charge >= 0.3 is 0 Å². The summed E-state index contributed by atoms with van der Waals surface area (Å²) < 4.78 is 5.12. The van der Waals surface area contributed by atoms with Gasteiger partial charge in [-0.25, -0.2) is 9.97 Å². The van der Waals surface area contributed by atoms with Gasteiger partial charge in [-0.1, -0.05) is 0 Å². The molecule has 0 atom stereocenters. The molecule has 0 bridgehead atoms. The van der Waals surface area contributed by atoms with Crippen LogP contribution in [0.5, 0.6) is 0 Å². The van der Waals surface area contributed by atoms with Crippen molar-refractivity contribution in [1.29, 1.82) is 0 Å². The van der Waals surface area contributed by atoms with Gasteiger partial charge in [-0.3, -0.25) is 0 Å². The van der Waals surface area contributed by atoms with Gasteiger partial charge < -0.3 is 14.5 Å². The van der Waals surface area contributed by atoms with Crippen LogP contribution in [0.4, 0.5) is 11.6 Å². The quantitative estimate of drug-likeness (QED) is 0.819. The zero-order valence-electron chi connectivity index (χ0n) is 14.9. The van der Waals surface area contributed by atoms with Gasteiger partial charge in [-0.05, 0) is 43.4 Å². The van der Waals surface area contributed by atoms with E-state index in [0.29, 0.717) is 18.5 Å². The molecule has 1 aliphatic carbocycles. The molecular formula is C18H24N6O. The van der Waals surface area contributed by atoms with Gasteiger partial charge in [-0.15, -0.1) is 5.10 Å². The topological polar surface area (TPSA) is 67.3 Å². The summed E-state index contributed by atoms with van der Waals surface area (Å²) in [6.07, 6.45) is 6.50. The van der Waals surface area contributed by atoms with Gasteiger partial charge in [0.1, 0.15) is 12.4 Å². The minimum absolute atomic E-state index is 0.420. The van der Waals surface area contributed by atoms with Crippen LogP contribution in [-0.2, 0) is 24.2 Å². The first-order valence-electron chi connectivity index (χ1n) is 8.88. The van der Waals surface area contributed by atoms with Crippen LogP contribution >= 0.6 is 0 Å². The lowest BCUT2D eigenvalue weighted by molar-refractivity contribution is 0.178. The summed E-state index contributed by atoms with van der Waals surface area (Å²) in [5, 5.41) is 8.88. The molecule has 0 spiro atoms. The molecule has 0 amide bonds. The molecule has 2 aliphatic rings. The first kappa shape index (κ1) is 16.2. The largest absolute Gasteiger partial charge is 0.377 e. The van der Waals surface area contributed by atoms with Crippen molar-refractivity contribution in [3.63, 3.8) is 0 Å². The number of hydrogen-bond acceptors (Lipinski definition) is 7. The maximum absolute atomic E-state index is 5.12. The lowest BCUT2D eigenvalue weighted by Gasteiger charge is -2.45. The molecule has 7 nitrogen and oxygen atoms in total. The number of hydrogen-bond donors (Lipinski definition) is 0. The average molecular weight is 340 g/mol. The first-order valence-corrected chi connectivity index (χ1v) is 8.88. The minimum atomic E-state index is 0.420. The second-order valence-electron chi connectivity index (χ2n) is 6.82. The molecule has 0 unspecified atom stereocenters. The van der Waals surface area contributed by atoms with E-state index in [1.165, 1.54) is 24.1 Å². The second kappa shape index (κ2) is 6.92. The van der Waals surface area contributed by atoms with Crippen molar-refractivity contribution in [2.45, 2.75) is 38.3 Å². The maximum atomic E-state index is 5.12. The highest BCUT2D eigenvalue weighted by Crippen LogP contribution is 2.27. The number of aromatic nitrogens is 4. The van der Waals surface area contributed by atoms with Crippen molar-refractivity contribution in [1.82, 2.24) is 20.2 Å². The Morgan fingerprint density at radius 1 is 1.24 bits per heavy atom. The molecular weight excluding hydrogens is 316 g/mol. The normalized spacial score (nSPS) is 17.1. The highest BCUT2D eigenvalue weighted by molar-refractivity contribution is 5.49. The van der Waals surface area contributed by atoms with Gasteiger partial charge in [-0.2, -0.15) is 5.10 Å². The zero-order chi connectivity index (χ0) is 17.2. The summed E-state index contributed by atoms with van der Waals surface area (Å²) in [7, 11) is 3.74. The maximum Gasteiger partial charge on any atom is 0.156 e. The Labute approximate surface area is 148 Å². The van der Waals surface area contributed by atoms with E-state index in [2.05, 4.69) is 43.1 Å². The predicted octanol–water partition coefficient (Wildman–Crippen LogP) is 1.62. The molecule has 1 saturated heterocycles. The summed E-state index contributed by atoms with van der Waals surface area (Å²) >= 11 is 0. The van der Waals surface area contributed by atoms with E-state index in [-0.39, 0.29) is 0 Å². The van der Waals surface area contributed by atoms with Crippen molar-refractivity contribution in [3.8, 4) is 0 Å². The van der Waals surface area contributed by atoms with Crippen LogP contribution in [0.1, 0.15) is 29.9 Å². The molecule has 4 rings (SSSR count). The number of methoxy groups -OCH3 is 1. The Balaban J connectivity index is 1.40. The van der Waals surface area contributed by atoms with Crippen LogP contribution in [0.25, 0.3) is 0 Å². The highest BCUT2D eigenvalue weighted by atomic mass is 16.5. The Bertz CT molecular complexity index is 746. The summed E-state index contributed by atoms with van der Waals surface area (Å²) in [5.41, 5.74) is 2.57. The SMILES string of the molecule is COCc1nccc(N(C)C2CN(c3cc4c(nn3)CCCC4)C2)n1. The number of aryl methyl sites for hydroxylation is 2. The molecule has 0 radical (unpaired) electrons. The number of anilines is 2. The molecule has 2 aromatic rings. The molecule has 132 valence electrons. The Morgan fingerprint density at radius 2 is 2.08 bits per heavy atom. The van der Waals surface area contributed by atoms with E-state index < -0.39 is 0 Å². The predicted molar refractivity (Wildman–Crippen MR) is 95.8 cm³/mol. The van der Waals surface area contributed by atoms with Gasteiger partial charge in [0.2, 0.25) is 0 Å². The fraction of sp³-hybridized carbons (Fsp3) is 0.556. The van der Waals surface area contributed by atoms with Crippen LogP contribution in [-0.4, -0.2) is 53.5 Å². The Kier molecular flexibility index (Phi) is 4.48. The fourth-order valence-corrected chi connectivity index (χ4v) is 3.49. The van der Waals surface area contributed by atoms with Crippen molar-refractivity contribution < 1.29 is 4.74 Å². The highest BCUT2D eigenvalue weighted by Gasteiger charge is 2.32. The third-order valence-corrected chi connectivity index (χ3v) is 5.12. The van der Waals surface area contributed by atoms with Gasteiger partial charge in [0.05, 0.1) is 11.7 Å². The molecule has 1 aliphatic heterocycles. The smallest absolute Gasteiger partial charge is 0.156 e. The van der Waals surface area contributed by atoms with Crippen molar-refractivity contribution >= 4 is 11.6 Å². The van der Waals surface area contributed by atoms with Crippen LogP contribution in [0, 0.1) is 0 Å². The van der Waals surface area contributed by atoms with Crippen LogP contribution < -0.4 is 9.80 Å². The van der Waals surface area contributed by atoms with Gasteiger partial charge in [0.15, 0.2) is 11.6 Å². The van der Waals surface area contributed by atoms with E-state index in [4.69, 9.17) is 4.74 Å². The van der Waals surface area contributed by atoms with Crippen molar-refractivity contribution in [2.75, 3.05) is 37.0 Å². The molecule has 0 saturated carbocycles. The lowest BCUT2D eigenvalue weighted by atomic mass is 9.96. The van der Waals surface area contributed by atoms with E-state index in [0.717, 1.165) is 37.6 Å². The van der Waals surface area contributed by atoms with Gasteiger partial charge in [0.25, 0.3) is 0 Å². The molecule has 0 N–H and O–H groups in total. The number of fused-ring (bicyclic) bond motifs is 1. The third kappa shape index (κ3) is 3.28. The molecule has 25 heavy (non-hydrogen) atoms. The lowest BCUT2D eigenvalue weighted by Crippen LogP contribution is -2.59. The number of rotatable bonds is 5. The summed E-state index contributed by atoms with van der Waals surface area (Å²) in [6.45, 7) is 2.31. The van der Waals surface area contributed by atoms with E-state index in [9.17, 15) is 0 Å². The Morgan fingerprint density at radius 3 is 2.92 bits per heavy atom. The fourth-order valence-electron chi connectivity index (χ4n) is 3.49. The molecule has 2 aromatic heterocycles. The number of nitrogens with zero attached hydrogens (tertiary/aromatic N) is 6. The number of ether oxygens (including phenoxy) is 1. The molecule has 1 fully saturated rings. The molecule has 3 heterocycles. The van der Waals surface area contributed by atoms with Crippen LogP contribution in [0.3, 0.4) is 0 Å². The molecule has 7 heteroatoms. The van der Waals surface area contributed by atoms with E-state index in [1.54, 1.807) is 13.3 Å². The summed E-state index contributed by atoms with van der Waals surface area (Å²) in [6, 6.07) is 4.60. The third-order valence-electron chi connectivity index (χ3n) is 5.12. The molecule has 0 aromatic carbocycles. The van der Waals surface area contributed by atoms with E-state index in [1.807, 2.05) is 6.07 Å². The summed E-state index contributed by atoms with van der Waals surface area (Å²) in [5.74, 6) is 2.65. The van der Waals surface area contributed by atoms with Crippen molar-refractivity contribution in [3.05, 3.63) is 35.4 Å². The average Bonchev–Trinajstić information content (AvgIpc) is 2.61. The van der Waals surface area contributed by atoms with Crippen molar-refractivity contribution in [2.24, 2.45) is 0 Å². The van der Waals surface area contributed by atoms with Crippen LogP contribution in [0.15, 0.2) is 18.3 Å². The van der Waals surface area contributed by atoms with Gasteiger partial charge in [0, 0.05) is 33.4 Å². The van der Waals surface area contributed by atoms with Crippen LogP contribution in [0.2, 0.25) is 0 Å². The Hall–Kier alpha value is -2.28. The first-order chi connectivity index (χ1) is 12.2. The zero-order valence-corrected chi connectivity index (χ0v) is 14.9. The van der Waals surface area contributed by atoms with E-state index >= 15 is 0 Å². The monoisotopic (exact) mass is 340 g/mol. The second-order valence-corrected chi connectivity index (χ2v) is 6.82.